The second-order valence-corrected chi connectivity index (χ2v) is 6.35. The lowest BCUT2D eigenvalue weighted by Gasteiger charge is -2.06. The van der Waals surface area contributed by atoms with Crippen LogP contribution < -0.4 is 21.7 Å². The minimum absolute atomic E-state index is 0.0740. The molecule has 1 saturated carbocycles. The summed E-state index contributed by atoms with van der Waals surface area (Å²) in [6.07, 6.45) is 1.95. The number of nitrogens with one attached hydrogen (secondary N) is 3. The maximum atomic E-state index is 12.0. The Balaban J connectivity index is 1.76. The average molecular weight is 311 g/mol. The van der Waals surface area contributed by atoms with Crippen molar-refractivity contribution in [1.29, 1.82) is 0 Å². The van der Waals surface area contributed by atoms with Crippen LogP contribution in [0.4, 0.5) is 10.9 Å². The summed E-state index contributed by atoms with van der Waals surface area (Å²) in [7, 11) is 0. The van der Waals surface area contributed by atoms with Crippen molar-refractivity contribution < 1.29 is 9.59 Å². The molecule has 2 rings (SSSR count). The van der Waals surface area contributed by atoms with E-state index in [1.807, 2.05) is 13.8 Å². The Morgan fingerprint density at radius 2 is 2.00 bits per heavy atom. The molecule has 2 amide bonds. The molecule has 0 aromatic carbocycles. The van der Waals surface area contributed by atoms with Gasteiger partial charge in [0.2, 0.25) is 5.91 Å². The summed E-state index contributed by atoms with van der Waals surface area (Å²) >= 11 is 1.23. The number of anilines is 2. The van der Waals surface area contributed by atoms with Gasteiger partial charge in [-0.2, -0.15) is 0 Å². The van der Waals surface area contributed by atoms with Gasteiger partial charge in [0, 0.05) is 25.0 Å². The summed E-state index contributed by atoms with van der Waals surface area (Å²) in [5, 5.41) is 9.26. The number of nitrogen functional groups attached to an aromatic ring is 1. The van der Waals surface area contributed by atoms with Crippen LogP contribution >= 0.6 is 11.3 Å². The van der Waals surface area contributed by atoms with Crippen molar-refractivity contribution >= 4 is 34.1 Å². The van der Waals surface area contributed by atoms with Crippen LogP contribution in [0.15, 0.2) is 0 Å². The molecule has 0 bridgehead atoms. The number of nitrogens with zero attached hydrogens (tertiary/aromatic N) is 1. The van der Waals surface area contributed by atoms with E-state index >= 15 is 0 Å². The molecule has 0 saturated heterocycles. The Bertz CT molecular complexity index is 525. The zero-order valence-electron chi connectivity index (χ0n) is 12.2. The van der Waals surface area contributed by atoms with Gasteiger partial charge < -0.3 is 21.7 Å². The molecule has 1 aliphatic carbocycles. The predicted molar refractivity (Wildman–Crippen MR) is 83.4 cm³/mol. The van der Waals surface area contributed by atoms with Crippen molar-refractivity contribution in [2.75, 3.05) is 24.1 Å². The highest BCUT2D eigenvalue weighted by Crippen LogP contribution is 2.28. The molecule has 1 aromatic heterocycles. The van der Waals surface area contributed by atoms with Crippen LogP contribution in [0, 0.1) is 5.92 Å². The molecule has 1 aliphatic rings. The van der Waals surface area contributed by atoms with Crippen molar-refractivity contribution in [3.8, 4) is 0 Å². The minimum atomic E-state index is -0.262. The third-order valence-corrected chi connectivity index (χ3v) is 3.93. The first-order valence-corrected chi connectivity index (χ1v) is 7.87. The first-order chi connectivity index (χ1) is 9.97. The van der Waals surface area contributed by atoms with Crippen LogP contribution in [-0.4, -0.2) is 35.9 Å². The molecule has 1 aromatic rings. The van der Waals surface area contributed by atoms with E-state index in [-0.39, 0.29) is 29.6 Å². The van der Waals surface area contributed by atoms with Gasteiger partial charge in [0.15, 0.2) is 5.13 Å². The maximum absolute atomic E-state index is 12.0. The molecule has 116 valence electrons. The summed E-state index contributed by atoms with van der Waals surface area (Å²) in [5.74, 6) is 0.220. The first kappa shape index (κ1) is 15.6. The largest absolute Gasteiger partial charge is 0.382 e. The number of carbonyl (C=O) groups is 2. The number of aromatic nitrogens is 1. The van der Waals surface area contributed by atoms with E-state index in [2.05, 4.69) is 20.9 Å². The van der Waals surface area contributed by atoms with Gasteiger partial charge >= 0.3 is 0 Å². The lowest BCUT2D eigenvalue weighted by atomic mass is 10.4. The van der Waals surface area contributed by atoms with E-state index in [4.69, 9.17) is 5.73 Å². The lowest BCUT2D eigenvalue weighted by Crippen LogP contribution is -2.35. The lowest BCUT2D eigenvalue weighted by molar-refractivity contribution is -0.122. The molecule has 21 heavy (non-hydrogen) atoms. The van der Waals surface area contributed by atoms with Gasteiger partial charge in [-0.05, 0) is 26.7 Å². The number of rotatable bonds is 7. The Morgan fingerprint density at radius 3 is 2.62 bits per heavy atom. The molecule has 1 heterocycles. The Hall–Kier alpha value is -1.83. The van der Waals surface area contributed by atoms with Crippen LogP contribution in [0.5, 0.6) is 0 Å². The summed E-state index contributed by atoms with van der Waals surface area (Å²) in [5.41, 5.74) is 5.75. The summed E-state index contributed by atoms with van der Waals surface area (Å²) in [4.78, 5) is 27.9. The van der Waals surface area contributed by atoms with Gasteiger partial charge in [0.05, 0.1) is 0 Å². The molecular weight excluding hydrogens is 290 g/mol. The van der Waals surface area contributed by atoms with Crippen LogP contribution in [0.25, 0.3) is 0 Å². The van der Waals surface area contributed by atoms with E-state index in [9.17, 15) is 9.59 Å². The number of thiazole rings is 1. The third kappa shape index (κ3) is 4.59. The van der Waals surface area contributed by atoms with E-state index in [1.54, 1.807) is 0 Å². The number of carbonyl (C=O) groups excluding carboxylic acids is 2. The van der Waals surface area contributed by atoms with E-state index in [0.29, 0.717) is 23.1 Å². The van der Waals surface area contributed by atoms with Crippen LogP contribution in [0.1, 0.15) is 36.4 Å². The molecule has 0 radical (unpaired) electrons. The first-order valence-electron chi connectivity index (χ1n) is 7.06. The summed E-state index contributed by atoms with van der Waals surface area (Å²) < 4.78 is 0. The molecule has 1 fully saturated rings. The summed E-state index contributed by atoms with van der Waals surface area (Å²) in [6.45, 7) is 4.78. The zero-order valence-corrected chi connectivity index (χ0v) is 13.0. The second-order valence-electron chi connectivity index (χ2n) is 5.35. The third-order valence-electron chi connectivity index (χ3n) is 2.93. The Kier molecular flexibility index (Phi) is 5.00. The number of hydrogen-bond acceptors (Lipinski definition) is 6. The topological polar surface area (TPSA) is 109 Å². The smallest absolute Gasteiger partial charge is 0.265 e. The SMILES string of the molecule is CC(C)Nc1nc(N)c(C(=O)NCCNC(=O)C2CC2)s1. The van der Waals surface area contributed by atoms with Gasteiger partial charge in [-0.15, -0.1) is 0 Å². The van der Waals surface area contributed by atoms with Crippen molar-refractivity contribution in [1.82, 2.24) is 15.6 Å². The van der Waals surface area contributed by atoms with Gasteiger partial charge in [0.25, 0.3) is 5.91 Å². The molecule has 0 spiro atoms. The second kappa shape index (κ2) is 6.75. The minimum Gasteiger partial charge on any atom is -0.382 e. The van der Waals surface area contributed by atoms with E-state index in [0.717, 1.165) is 12.8 Å². The Labute approximate surface area is 127 Å². The zero-order chi connectivity index (χ0) is 15.4. The monoisotopic (exact) mass is 311 g/mol. The highest BCUT2D eigenvalue weighted by molar-refractivity contribution is 7.18. The average Bonchev–Trinajstić information content (AvgIpc) is 3.18. The van der Waals surface area contributed by atoms with E-state index in [1.165, 1.54) is 11.3 Å². The standard InChI is InChI=1S/C13H21N5O2S/c1-7(2)17-13-18-10(14)9(21-13)12(20)16-6-5-15-11(19)8-3-4-8/h7-8H,3-6,14H2,1-2H3,(H,15,19)(H,16,20)(H,17,18). The predicted octanol–water partition coefficient (Wildman–Crippen LogP) is 0.802. The van der Waals surface area contributed by atoms with Crippen LogP contribution in [-0.2, 0) is 4.79 Å². The molecule has 0 aliphatic heterocycles. The van der Waals surface area contributed by atoms with Gasteiger partial charge in [0.1, 0.15) is 10.7 Å². The molecule has 0 unspecified atom stereocenters. The van der Waals surface area contributed by atoms with E-state index < -0.39 is 0 Å². The van der Waals surface area contributed by atoms with Crippen molar-refractivity contribution in [2.24, 2.45) is 5.92 Å². The van der Waals surface area contributed by atoms with Gasteiger partial charge in [-0.1, -0.05) is 11.3 Å². The molecule has 5 N–H and O–H groups in total. The van der Waals surface area contributed by atoms with Gasteiger partial charge in [-0.25, -0.2) is 4.98 Å². The van der Waals surface area contributed by atoms with Crippen LogP contribution in [0.2, 0.25) is 0 Å². The van der Waals surface area contributed by atoms with Crippen molar-refractivity contribution in [3.05, 3.63) is 4.88 Å². The van der Waals surface area contributed by atoms with Crippen molar-refractivity contribution in [2.45, 2.75) is 32.7 Å². The number of nitrogens with two attached hydrogens (primary N) is 1. The normalized spacial score (nSPS) is 14.0. The quantitative estimate of drug-likeness (QED) is 0.557. The molecule has 8 heteroatoms. The van der Waals surface area contributed by atoms with Crippen LogP contribution in [0.3, 0.4) is 0 Å². The molecule has 0 atom stereocenters. The molecular formula is C13H21N5O2S. The fraction of sp³-hybridized carbons (Fsp3) is 0.615. The van der Waals surface area contributed by atoms with Gasteiger partial charge in [-0.3, -0.25) is 9.59 Å². The highest BCUT2D eigenvalue weighted by Gasteiger charge is 2.29. The maximum Gasteiger partial charge on any atom is 0.265 e. The molecule has 7 nitrogen and oxygen atoms in total. The fourth-order valence-corrected chi connectivity index (χ4v) is 2.68. The highest BCUT2D eigenvalue weighted by atomic mass is 32.1. The fourth-order valence-electron chi connectivity index (χ4n) is 1.74. The summed E-state index contributed by atoms with van der Waals surface area (Å²) in [6, 6.07) is 0.226. The number of hydrogen-bond donors (Lipinski definition) is 4. The van der Waals surface area contributed by atoms with Crippen molar-refractivity contribution in [3.63, 3.8) is 0 Å². The Morgan fingerprint density at radius 1 is 1.33 bits per heavy atom. The number of amides is 2.